The van der Waals surface area contributed by atoms with Gasteiger partial charge in [0, 0.05) is 24.0 Å². The van der Waals surface area contributed by atoms with E-state index in [1.54, 1.807) is 6.07 Å². The molecule has 0 fully saturated rings. The summed E-state index contributed by atoms with van der Waals surface area (Å²) >= 11 is 0. The van der Waals surface area contributed by atoms with Gasteiger partial charge in [0.15, 0.2) is 5.78 Å². The van der Waals surface area contributed by atoms with Crippen molar-refractivity contribution < 1.29 is 23.5 Å². The fourth-order valence-electron chi connectivity index (χ4n) is 3.62. The van der Waals surface area contributed by atoms with Gasteiger partial charge in [-0.05, 0) is 37.1 Å². The first-order valence-electron chi connectivity index (χ1n) is 9.20. The highest BCUT2D eigenvalue weighted by molar-refractivity contribution is 6.09. The molecule has 0 atom stereocenters. The van der Waals surface area contributed by atoms with E-state index in [2.05, 4.69) is 5.32 Å². The molecule has 0 bridgehead atoms. The van der Waals surface area contributed by atoms with Crippen LogP contribution in [0.2, 0.25) is 0 Å². The van der Waals surface area contributed by atoms with E-state index in [-0.39, 0.29) is 30.6 Å². The number of halogens is 1. The number of nitrogens with zero attached hydrogens (tertiary/aromatic N) is 1. The summed E-state index contributed by atoms with van der Waals surface area (Å²) in [6.45, 7) is 0.235. The van der Waals surface area contributed by atoms with Crippen molar-refractivity contribution in [2.75, 3.05) is 23.4 Å². The molecule has 1 heterocycles. The molecule has 6 nitrogen and oxygen atoms in total. The maximum atomic E-state index is 13.4. The van der Waals surface area contributed by atoms with Gasteiger partial charge in [0.05, 0.1) is 18.0 Å². The van der Waals surface area contributed by atoms with Gasteiger partial charge >= 0.3 is 0 Å². The molecule has 28 heavy (non-hydrogen) atoms. The van der Waals surface area contributed by atoms with Gasteiger partial charge in [0.2, 0.25) is 11.8 Å². The summed E-state index contributed by atoms with van der Waals surface area (Å²) in [5, 5.41) is 2.58. The maximum absolute atomic E-state index is 13.4. The Morgan fingerprint density at radius 3 is 2.89 bits per heavy atom. The highest BCUT2D eigenvalue weighted by Gasteiger charge is 2.27. The average molecular weight is 382 g/mol. The summed E-state index contributed by atoms with van der Waals surface area (Å²) in [7, 11) is 0. The number of fused-ring (bicyclic) bond motifs is 2. The van der Waals surface area contributed by atoms with Crippen molar-refractivity contribution >= 4 is 29.0 Å². The summed E-state index contributed by atoms with van der Waals surface area (Å²) in [4.78, 5) is 37.6. The van der Waals surface area contributed by atoms with Crippen LogP contribution in [0.25, 0.3) is 0 Å². The van der Waals surface area contributed by atoms with Crippen molar-refractivity contribution in [3.8, 4) is 5.75 Å². The fraction of sp³-hybridized carbons (Fsp3) is 0.286. The van der Waals surface area contributed by atoms with Crippen LogP contribution in [0.1, 0.15) is 35.2 Å². The molecule has 2 aliphatic rings. The quantitative estimate of drug-likeness (QED) is 0.807. The molecule has 1 N–H and O–H groups in total. The molecule has 0 aromatic heterocycles. The number of hydrogen-bond acceptors (Lipinski definition) is 4. The lowest BCUT2D eigenvalue weighted by atomic mass is 10.1. The van der Waals surface area contributed by atoms with Crippen LogP contribution in [0.4, 0.5) is 15.8 Å². The second-order valence-electron chi connectivity index (χ2n) is 6.85. The lowest BCUT2D eigenvalue weighted by Crippen LogP contribution is -2.42. The molecule has 144 valence electrons. The van der Waals surface area contributed by atoms with Gasteiger partial charge in [0.1, 0.15) is 18.1 Å². The Hall–Kier alpha value is -3.22. The second-order valence-corrected chi connectivity index (χ2v) is 6.85. The van der Waals surface area contributed by atoms with Gasteiger partial charge in [-0.25, -0.2) is 4.39 Å². The Morgan fingerprint density at radius 2 is 2.04 bits per heavy atom. The zero-order chi connectivity index (χ0) is 19.7. The van der Waals surface area contributed by atoms with Crippen LogP contribution >= 0.6 is 0 Å². The van der Waals surface area contributed by atoms with E-state index in [1.165, 1.54) is 23.1 Å². The number of carbonyl (C=O) groups excluding carboxylic acids is 3. The Bertz CT molecular complexity index is 973. The first-order valence-corrected chi connectivity index (χ1v) is 9.20. The van der Waals surface area contributed by atoms with Crippen LogP contribution in [-0.2, 0) is 16.0 Å². The standard InChI is InChI=1S/C21H19FN2O4/c22-13-6-8-17-16(11-13)23-20(26)12-24(17)21(27)5-2-10-28-19-4-1-3-14-15(19)7-9-18(14)25/h1,3-4,6,8,11H,2,5,7,9-10,12H2,(H,23,26). The van der Waals surface area contributed by atoms with Crippen LogP contribution in [0.3, 0.4) is 0 Å². The number of hydrogen-bond donors (Lipinski definition) is 1. The van der Waals surface area contributed by atoms with Crippen LogP contribution in [-0.4, -0.2) is 30.7 Å². The number of ether oxygens (including phenoxy) is 1. The first-order chi connectivity index (χ1) is 13.5. The van der Waals surface area contributed by atoms with Crippen molar-refractivity contribution in [3.05, 3.63) is 53.3 Å². The van der Waals surface area contributed by atoms with Crippen molar-refractivity contribution in [1.29, 1.82) is 0 Å². The Labute approximate surface area is 161 Å². The van der Waals surface area contributed by atoms with E-state index in [1.807, 2.05) is 12.1 Å². The fourth-order valence-corrected chi connectivity index (χ4v) is 3.62. The SMILES string of the molecule is O=C1CN(C(=O)CCCOc2cccc3c2CCC3=O)c2ccc(F)cc2N1. The molecule has 0 unspecified atom stereocenters. The number of ketones is 1. The molecule has 2 aromatic carbocycles. The smallest absolute Gasteiger partial charge is 0.244 e. The second kappa shape index (κ2) is 7.42. The zero-order valence-corrected chi connectivity index (χ0v) is 15.2. The number of Topliss-reactive ketones (excluding diaryl/α,β-unsaturated/α-hetero) is 1. The Morgan fingerprint density at radius 1 is 1.18 bits per heavy atom. The topological polar surface area (TPSA) is 75.7 Å². The number of carbonyl (C=O) groups is 3. The lowest BCUT2D eigenvalue weighted by molar-refractivity contribution is -0.122. The Kier molecular flexibility index (Phi) is 4.81. The van der Waals surface area contributed by atoms with Crippen LogP contribution in [0, 0.1) is 5.82 Å². The molecule has 2 aromatic rings. The van der Waals surface area contributed by atoms with Crippen molar-refractivity contribution in [3.63, 3.8) is 0 Å². The molecular weight excluding hydrogens is 363 g/mol. The number of rotatable bonds is 5. The van der Waals surface area contributed by atoms with Gasteiger partial charge in [-0.15, -0.1) is 0 Å². The molecule has 1 aliphatic carbocycles. The highest BCUT2D eigenvalue weighted by atomic mass is 19.1. The molecule has 0 spiro atoms. The van der Waals surface area contributed by atoms with E-state index < -0.39 is 5.82 Å². The van der Waals surface area contributed by atoms with Gasteiger partial charge in [-0.3, -0.25) is 14.4 Å². The third-order valence-corrected chi connectivity index (χ3v) is 4.95. The maximum Gasteiger partial charge on any atom is 0.244 e. The van der Waals surface area contributed by atoms with Crippen LogP contribution < -0.4 is 15.0 Å². The summed E-state index contributed by atoms with van der Waals surface area (Å²) in [6.07, 6.45) is 1.84. The third kappa shape index (κ3) is 3.47. The van der Waals surface area contributed by atoms with Crippen molar-refractivity contribution in [2.45, 2.75) is 25.7 Å². The van der Waals surface area contributed by atoms with Crippen molar-refractivity contribution in [2.24, 2.45) is 0 Å². The summed E-state index contributed by atoms with van der Waals surface area (Å²) in [6, 6.07) is 9.39. The third-order valence-electron chi connectivity index (χ3n) is 4.95. The average Bonchev–Trinajstić information content (AvgIpc) is 3.06. The Balaban J connectivity index is 1.36. The van der Waals surface area contributed by atoms with Crippen LogP contribution in [0.5, 0.6) is 5.75 Å². The summed E-state index contributed by atoms with van der Waals surface area (Å²) in [5.41, 5.74) is 2.44. The number of anilines is 2. The molecule has 2 amide bonds. The monoisotopic (exact) mass is 382 g/mol. The van der Waals surface area contributed by atoms with Crippen LogP contribution in [0.15, 0.2) is 36.4 Å². The minimum absolute atomic E-state index is 0.0906. The molecule has 4 rings (SSSR count). The minimum atomic E-state index is -0.476. The largest absolute Gasteiger partial charge is 0.493 e. The van der Waals surface area contributed by atoms with Gasteiger partial charge < -0.3 is 15.0 Å². The van der Waals surface area contributed by atoms with Crippen molar-refractivity contribution in [1.82, 2.24) is 0 Å². The molecule has 0 radical (unpaired) electrons. The predicted molar refractivity (Wildman–Crippen MR) is 101 cm³/mol. The first kappa shape index (κ1) is 18.2. The minimum Gasteiger partial charge on any atom is -0.493 e. The number of benzene rings is 2. The van der Waals surface area contributed by atoms with E-state index in [9.17, 15) is 18.8 Å². The predicted octanol–water partition coefficient (Wildman–Crippen LogP) is 3.10. The van der Waals surface area contributed by atoms with Gasteiger partial charge in [-0.2, -0.15) is 0 Å². The molecule has 0 saturated heterocycles. The number of nitrogens with one attached hydrogen (secondary N) is 1. The molecule has 1 aliphatic heterocycles. The van der Waals surface area contributed by atoms with E-state index in [4.69, 9.17) is 4.74 Å². The lowest BCUT2D eigenvalue weighted by Gasteiger charge is -2.29. The van der Waals surface area contributed by atoms with E-state index >= 15 is 0 Å². The normalized spacial score (nSPS) is 15.1. The summed E-state index contributed by atoms with van der Waals surface area (Å²) in [5.74, 6) is -0.231. The van der Waals surface area contributed by atoms with Gasteiger partial charge in [-0.1, -0.05) is 12.1 Å². The molecule has 7 heteroatoms. The van der Waals surface area contributed by atoms with E-state index in [0.717, 1.165) is 11.1 Å². The van der Waals surface area contributed by atoms with E-state index in [0.29, 0.717) is 43.0 Å². The zero-order valence-electron chi connectivity index (χ0n) is 15.2. The summed E-state index contributed by atoms with van der Waals surface area (Å²) < 4.78 is 19.2. The number of amides is 2. The highest BCUT2D eigenvalue weighted by Crippen LogP contribution is 2.32. The van der Waals surface area contributed by atoms with Gasteiger partial charge in [0.25, 0.3) is 0 Å². The molecule has 0 saturated carbocycles. The molecular formula is C21H19FN2O4.